The number of thiophene rings is 1. The summed E-state index contributed by atoms with van der Waals surface area (Å²) in [5.74, 6) is 0.0113. The van der Waals surface area contributed by atoms with Crippen LogP contribution < -0.4 is 0 Å². The number of hydrogen-bond donors (Lipinski definition) is 0. The maximum atomic E-state index is 12.9. The van der Waals surface area contributed by atoms with Gasteiger partial charge in [0.2, 0.25) is 0 Å². The third-order valence-corrected chi connectivity index (χ3v) is 7.55. The van der Waals surface area contributed by atoms with Gasteiger partial charge in [-0.2, -0.15) is 0 Å². The van der Waals surface area contributed by atoms with Crippen molar-refractivity contribution in [1.82, 2.24) is 4.98 Å². The highest BCUT2D eigenvalue weighted by Crippen LogP contribution is 2.46. The van der Waals surface area contributed by atoms with Gasteiger partial charge in [0, 0.05) is 33.3 Å². The minimum atomic E-state index is -0.650. The van der Waals surface area contributed by atoms with Crippen molar-refractivity contribution in [3.63, 3.8) is 0 Å². The number of benzene rings is 1. The number of aliphatic imine (C=N–C) groups is 1. The van der Waals surface area contributed by atoms with Crippen LogP contribution in [0.3, 0.4) is 0 Å². The monoisotopic (exact) mass is 446 g/mol. The van der Waals surface area contributed by atoms with E-state index < -0.39 is 11.7 Å². The molecule has 3 heterocycles. The highest BCUT2D eigenvalue weighted by molar-refractivity contribution is 7.19. The normalized spacial score (nSPS) is 16.3. The molecule has 0 unspecified atom stereocenters. The van der Waals surface area contributed by atoms with Crippen LogP contribution >= 0.6 is 11.3 Å². The van der Waals surface area contributed by atoms with Gasteiger partial charge in [-0.15, -0.1) is 11.3 Å². The van der Waals surface area contributed by atoms with Crippen molar-refractivity contribution in [2.24, 2.45) is 4.99 Å². The molecule has 0 spiro atoms. The molecule has 32 heavy (non-hydrogen) atoms. The average Bonchev–Trinajstić information content (AvgIpc) is 3.33. The summed E-state index contributed by atoms with van der Waals surface area (Å²) >= 11 is 1.83. The number of nitrogens with zero attached hydrogens (tertiary/aromatic N) is 2. The first-order valence-electron chi connectivity index (χ1n) is 11.5. The number of rotatable bonds is 4. The molecular weight excluding hydrogens is 416 g/mol. The van der Waals surface area contributed by atoms with Crippen LogP contribution in [0.15, 0.2) is 23.2 Å². The van der Waals surface area contributed by atoms with Crippen LogP contribution in [0, 0.1) is 6.92 Å². The topological polar surface area (TPSA) is 51.5 Å². The van der Waals surface area contributed by atoms with Gasteiger partial charge in [0.1, 0.15) is 10.9 Å². The second-order valence-corrected chi connectivity index (χ2v) is 11.1. The van der Waals surface area contributed by atoms with Crippen molar-refractivity contribution in [3.05, 3.63) is 51.0 Å². The maximum Gasteiger partial charge on any atom is 0.163 e. The van der Waals surface area contributed by atoms with E-state index in [4.69, 9.17) is 9.72 Å². The van der Waals surface area contributed by atoms with E-state index in [0.29, 0.717) is 0 Å². The Morgan fingerprint density at radius 3 is 2.72 bits per heavy atom. The molecule has 1 aliphatic heterocycles. The SMILES string of the molecule is CC(=O)[C@@H](OC(C)(C)C)c1c(C)nc2sc3c(c2c1-c1ccc2c(c1)C=NC2)CCCC3. The molecule has 0 radical (unpaired) electrons. The molecule has 3 aromatic rings. The van der Waals surface area contributed by atoms with E-state index in [1.165, 1.54) is 34.2 Å². The van der Waals surface area contributed by atoms with Crippen molar-refractivity contribution in [1.29, 1.82) is 0 Å². The molecule has 4 nitrogen and oxygen atoms in total. The summed E-state index contributed by atoms with van der Waals surface area (Å²) in [6, 6.07) is 6.59. The van der Waals surface area contributed by atoms with E-state index in [9.17, 15) is 4.79 Å². The predicted molar refractivity (Wildman–Crippen MR) is 132 cm³/mol. The Morgan fingerprint density at radius 2 is 1.97 bits per heavy atom. The first-order valence-corrected chi connectivity index (χ1v) is 12.3. The van der Waals surface area contributed by atoms with E-state index in [1.54, 1.807) is 6.92 Å². The highest BCUT2D eigenvalue weighted by atomic mass is 32.1. The van der Waals surface area contributed by atoms with E-state index in [0.717, 1.165) is 52.2 Å². The summed E-state index contributed by atoms with van der Waals surface area (Å²) in [6.45, 7) is 10.4. The van der Waals surface area contributed by atoms with Crippen molar-refractivity contribution < 1.29 is 9.53 Å². The lowest BCUT2D eigenvalue weighted by atomic mass is 9.86. The molecule has 0 fully saturated rings. The molecule has 166 valence electrons. The smallest absolute Gasteiger partial charge is 0.163 e. The first kappa shape index (κ1) is 21.5. The quantitative estimate of drug-likeness (QED) is 0.458. The number of ether oxygens (including phenoxy) is 1. The standard InChI is InChI=1S/C27H30N2O2S/c1-15-22(25(16(2)30)31-27(3,4)5)23(17-10-11-18-13-28-14-19(18)12-17)24-20-8-6-7-9-21(20)32-26(24)29-15/h10-12,14,25H,6-9,13H2,1-5H3/t25-/m1/s1. The Balaban J connectivity index is 1.85. The van der Waals surface area contributed by atoms with Crippen molar-refractivity contribution >= 4 is 33.6 Å². The molecule has 0 N–H and O–H groups in total. The van der Waals surface area contributed by atoms with Gasteiger partial charge in [-0.1, -0.05) is 12.1 Å². The number of pyridine rings is 1. The lowest BCUT2D eigenvalue weighted by molar-refractivity contribution is -0.138. The largest absolute Gasteiger partial charge is 0.360 e. The van der Waals surface area contributed by atoms with E-state index in [-0.39, 0.29) is 5.78 Å². The van der Waals surface area contributed by atoms with Gasteiger partial charge in [0.15, 0.2) is 5.78 Å². The predicted octanol–water partition coefficient (Wildman–Crippen LogP) is 6.53. The number of carbonyl (C=O) groups excluding carboxylic acids is 1. The Labute approximate surface area is 193 Å². The summed E-state index contributed by atoms with van der Waals surface area (Å²) in [6.07, 6.45) is 5.94. The van der Waals surface area contributed by atoms with E-state index in [2.05, 4.69) is 23.2 Å². The van der Waals surface area contributed by atoms with Crippen molar-refractivity contribution in [2.45, 2.75) is 78.6 Å². The second-order valence-electron chi connectivity index (χ2n) is 9.98. The van der Waals surface area contributed by atoms with Gasteiger partial charge in [-0.25, -0.2) is 4.98 Å². The van der Waals surface area contributed by atoms with Gasteiger partial charge in [0.05, 0.1) is 12.1 Å². The van der Waals surface area contributed by atoms with Crippen molar-refractivity contribution in [3.8, 4) is 11.1 Å². The third kappa shape index (κ3) is 3.71. The number of Topliss-reactive ketones (excluding diaryl/α,β-unsaturated/α-hetero) is 1. The summed E-state index contributed by atoms with van der Waals surface area (Å²) in [4.78, 5) is 25.0. The number of hydrogen-bond acceptors (Lipinski definition) is 5. The van der Waals surface area contributed by atoms with Crippen LogP contribution in [0.5, 0.6) is 0 Å². The lowest BCUT2D eigenvalue weighted by Gasteiger charge is -2.29. The third-order valence-electron chi connectivity index (χ3n) is 6.36. The Morgan fingerprint density at radius 1 is 1.19 bits per heavy atom. The minimum absolute atomic E-state index is 0.0113. The Hall–Kier alpha value is -2.37. The van der Waals surface area contributed by atoms with Crippen LogP contribution in [0.25, 0.3) is 21.3 Å². The van der Waals surface area contributed by atoms with Gasteiger partial charge in [-0.3, -0.25) is 9.79 Å². The molecule has 2 aromatic heterocycles. The molecule has 5 heteroatoms. The zero-order valence-electron chi connectivity index (χ0n) is 19.5. The van der Waals surface area contributed by atoms with Crippen LogP contribution in [0.1, 0.15) is 79.5 Å². The summed E-state index contributed by atoms with van der Waals surface area (Å²) in [7, 11) is 0. The van der Waals surface area contributed by atoms with E-state index in [1.807, 2.05) is 45.2 Å². The zero-order chi connectivity index (χ0) is 22.6. The lowest BCUT2D eigenvalue weighted by Crippen LogP contribution is -2.27. The second kappa shape index (κ2) is 7.89. The molecule has 1 atom stereocenters. The van der Waals surface area contributed by atoms with Crippen LogP contribution in [-0.2, 0) is 28.9 Å². The fourth-order valence-electron chi connectivity index (χ4n) is 4.99. The number of carbonyl (C=O) groups is 1. The van der Waals surface area contributed by atoms with E-state index >= 15 is 0 Å². The molecule has 5 rings (SSSR count). The summed E-state index contributed by atoms with van der Waals surface area (Å²) < 4.78 is 6.38. The molecule has 0 saturated heterocycles. The Bertz CT molecular complexity index is 1260. The van der Waals surface area contributed by atoms with Gasteiger partial charge in [0.25, 0.3) is 0 Å². The Kier molecular flexibility index (Phi) is 5.30. The molecule has 0 saturated carbocycles. The van der Waals surface area contributed by atoms with Gasteiger partial charge in [-0.05, 0) is 88.6 Å². The fourth-order valence-corrected chi connectivity index (χ4v) is 6.31. The average molecular weight is 447 g/mol. The summed E-state index contributed by atoms with van der Waals surface area (Å²) in [5.41, 5.74) is 7.43. The van der Waals surface area contributed by atoms with Gasteiger partial charge >= 0.3 is 0 Å². The molecule has 1 aromatic carbocycles. The molecule has 0 bridgehead atoms. The molecular formula is C27H30N2O2S. The number of ketones is 1. The highest BCUT2D eigenvalue weighted by Gasteiger charge is 2.32. The van der Waals surface area contributed by atoms with Crippen LogP contribution in [0.2, 0.25) is 0 Å². The molecule has 0 amide bonds. The number of aromatic nitrogens is 1. The number of fused-ring (bicyclic) bond motifs is 4. The van der Waals surface area contributed by atoms with Crippen molar-refractivity contribution in [2.75, 3.05) is 0 Å². The maximum absolute atomic E-state index is 12.9. The zero-order valence-corrected chi connectivity index (χ0v) is 20.4. The number of aryl methyl sites for hydroxylation is 3. The minimum Gasteiger partial charge on any atom is -0.360 e. The molecule has 1 aliphatic carbocycles. The molecule has 2 aliphatic rings. The van der Waals surface area contributed by atoms with Crippen LogP contribution in [-0.4, -0.2) is 22.6 Å². The fraction of sp³-hybridized carbons (Fsp3) is 0.444. The van der Waals surface area contributed by atoms with Crippen LogP contribution in [0.4, 0.5) is 0 Å². The first-order chi connectivity index (χ1) is 15.2. The summed E-state index contributed by atoms with van der Waals surface area (Å²) in [5, 5.41) is 1.23. The van der Waals surface area contributed by atoms with Gasteiger partial charge < -0.3 is 4.74 Å².